The number of hydrogen-bond donors (Lipinski definition) is 1. The smallest absolute Gasteiger partial charge is 0.240 e. The molecule has 0 aliphatic carbocycles. The van der Waals surface area contributed by atoms with Crippen LogP contribution in [0.15, 0.2) is 33.6 Å². The lowest BCUT2D eigenvalue weighted by atomic mass is 10.0. The zero-order valence-corrected chi connectivity index (χ0v) is 17.3. The molecule has 0 unspecified atom stereocenters. The van der Waals surface area contributed by atoms with Crippen molar-refractivity contribution in [2.24, 2.45) is 0 Å². The Morgan fingerprint density at radius 2 is 1.69 bits per heavy atom. The van der Waals surface area contributed by atoms with Crippen LogP contribution in [0.25, 0.3) is 0 Å². The second-order valence-electron chi connectivity index (χ2n) is 6.96. The van der Waals surface area contributed by atoms with Gasteiger partial charge in [0.2, 0.25) is 15.9 Å². The number of amides is 1. The van der Waals surface area contributed by atoms with Gasteiger partial charge in [0, 0.05) is 36.6 Å². The Balaban J connectivity index is 1.42. The van der Waals surface area contributed by atoms with Crippen LogP contribution in [0, 0.1) is 0 Å². The van der Waals surface area contributed by atoms with Gasteiger partial charge in [0.25, 0.3) is 0 Å². The number of hydrogen-bond acceptors (Lipinski definition) is 4. The number of benzene rings is 1. The van der Waals surface area contributed by atoms with E-state index in [1.807, 2.05) is 4.90 Å². The summed E-state index contributed by atoms with van der Waals surface area (Å²) >= 11 is 3.29. The summed E-state index contributed by atoms with van der Waals surface area (Å²) in [6, 6.07) is 7.06. The molecule has 0 bridgehead atoms. The normalized spacial score (nSPS) is 19.8. The zero-order chi connectivity index (χ0) is 18.6. The average molecular weight is 444 g/mol. The summed E-state index contributed by atoms with van der Waals surface area (Å²) in [6.07, 6.45) is 4.83. The van der Waals surface area contributed by atoms with E-state index in [0.29, 0.717) is 6.04 Å². The summed E-state index contributed by atoms with van der Waals surface area (Å²) in [7, 11) is -3.57. The fraction of sp³-hybridized carbons (Fsp3) is 0.611. The summed E-state index contributed by atoms with van der Waals surface area (Å²) < 4.78 is 27.8. The highest BCUT2D eigenvalue weighted by molar-refractivity contribution is 9.10. The second-order valence-corrected chi connectivity index (χ2v) is 9.64. The number of sulfonamides is 1. The van der Waals surface area contributed by atoms with Crippen LogP contribution in [0.1, 0.15) is 32.1 Å². The highest BCUT2D eigenvalue weighted by atomic mass is 79.9. The Labute approximate surface area is 164 Å². The van der Waals surface area contributed by atoms with E-state index in [1.54, 1.807) is 12.1 Å². The van der Waals surface area contributed by atoms with E-state index in [0.717, 1.165) is 30.4 Å². The molecule has 2 aliphatic heterocycles. The van der Waals surface area contributed by atoms with Gasteiger partial charge in [-0.25, -0.2) is 13.1 Å². The quantitative estimate of drug-likeness (QED) is 0.731. The van der Waals surface area contributed by atoms with E-state index in [-0.39, 0.29) is 23.8 Å². The van der Waals surface area contributed by atoms with Gasteiger partial charge < -0.3 is 9.80 Å². The molecule has 2 fully saturated rings. The topological polar surface area (TPSA) is 69.7 Å². The fourth-order valence-corrected chi connectivity index (χ4v) is 5.03. The van der Waals surface area contributed by atoms with Gasteiger partial charge >= 0.3 is 0 Å². The Morgan fingerprint density at radius 3 is 2.31 bits per heavy atom. The third-order valence-corrected chi connectivity index (χ3v) is 7.23. The maximum absolute atomic E-state index is 12.4. The number of carbonyl (C=O) groups excluding carboxylic acids is 1. The zero-order valence-electron chi connectivity index (χ0n) is 14.9. The standard InChI is InChI=1S/C18H26BrN3O3S/c19-15-3-5-17(6-4-15)26(24,25)20-10-7-18(23)22-13-8-16(9-14-22)21-11-1-2-12-21/h3-6,16,20H,1-2,7-14H2. The number of piperidine rings is 1. The first-order valence-electron chi connectivity index (χ1n) is 9.23. The Hall–Kier alpha value is -0.960. The van der Waals surface area contributed by atoms with Gasteiger partial charge in [0.1, 0.15) is 0 Å². The third-order valence-electron chi connectivity index (χ3n) is 5.23. The lowest BCUT2D eigenvalue weighted by molar-refractivity contribution is -0.132. The highest BCUT2D eigenvalue weighted by Gasteiger charge is 2.28. The van der Waals surface area contributed by atoms with E-state index < -0.39 is 10.0 Å². The van der Waals surface area contributed by atoms with E-state index in [4.69, 9.17) is 0 Å². The van der Waals surface area contributed by atoms with Crippen molar-refractivity contribution in [1.82, 2.24) is 14.5 Å². The van der Waals surface area contributed by atoms with Crippen molar-refractivity contribution in [3.8, 4) is 0 Å². The minimum Gasteiger partial charge on any atom is -0.343 e. The number of nitrogens with zero attached hydrogens (tertiary/aromatic N) is 2. The summed E-state index contributed by atoms with van der Waals surface area (Å²) in [6.45, 7) is 4.06. The molecule has 0 saturated carbocycles. The summed E-state index contributed by atoms with van der Waals surface area (Å²) in [5.41, 5.74) is 0. The van der Waals surface area contributed by atoms with Crippen molar-refractivity contribution < 1.29 is 13.2 Å². The van der Waals surface area contributed by atoms with Crippen LogP contribution in [0.5, 0.6) is 0 Å². The molecule has 2 heterocycles. The molecule has 0 aromatic heterocycles. The molecule has 0 spiro atoms. The van der Waals surface area contributed by atoms with Crippen LogP contribution in [0.4, 0.5) is 0 Å². The second kappa shape index (κ2) is 8.82. The van der Waals surface area contributed by atoms with Crippen LogP contribution < -0.4 is 4.72 Å². The Morgan fingerprint density at radius 1 is 1.08 bits per heavy atom. The predicted molar refractivity (Wildman–Crippen MR) is 104 cm³/mol. The van der Waals surface area contributed by atoms with Gasteiger partial charge in [0.15, 0.2) is 0 Å². The molecule has 0 atom stereocenters. The highest BCUT2D eigenvalue weighted by Crippen LogP contribution is 2.21. The van der Waals surface area contributed by atoms with E-state index in [9.17, 15) is 13.2 Å². The fourth-order valence-electron chi connectivity index (χ4n) is 3.73. The van der Waals surface area contributed by atoms with E-state index in [1.165, 1.54) is 38.1 Å². The molecule has 144 valence electrons. The molecule has 8 heteroatoms. The molecule has 2 aliphatic rings. The minimum absolute atomic E-state index is 0.0309. The Bertz CT molecular complexity index is 710. The molecule has 1 aromatic rings. The molecule has 26 heavy (non-hydrogen) atoms. The first-order chi connectivity index (χ1) is 12.5. The van der Waals surface area contributed by atoms with Gasteiger partial charge in [-0.3, -0.25) is 4.79 Å². The van der Waals surface area contributed by atoms with Crippen molar-refractivity contribution in [3.63, 3.8) is 0 Å². The van der Waals surface area contributed by atoms with Crippen molar-refractivity contribution in [3.05, 3.63) is 28.7 Å². The first kappa shape index (κ1) is 19.8. The maximum atomic E-state index is 12.4. The van der Waals surface area contributed by atoms with Crippen LogP contribution in [0.3, 0.4) is 0 Å². The molecular formula is C18H26BrN3O3S. The molecule has 2 saturated heterocycles. The summed E-state index contributed by atoms with van der Waals surface area (Å²) in [4.78, 5) is 17.0. The molecule has 6 nitrogen and oxygen atoms in total. The van der Waals surface area contributed by atoms with Gasteiger partial charge in [-0.15, -0.1) is 0 Å². The number of rotatable bonds is 6. The van der Waals surface area contributed by atoms with Crippen molar-refractivity contribution in [1.29, 1.82) is 0 Å². The summed E-state index contributed by atoms with van der Waals surface area (Å²) in [5, 5.41) is 0. The predicted octanol–water partition coefficient (Wildman–Crippen LogP) is 2.20. The largest absolute Gasteiger partial charge is 0.343 e. The Kier molecular flexibility index (Phi) is 6.71. The number of likely N-dealkylation sites (tertiary alicyclic amines) is 2. The van der Waals surface area contributed by atoms with Crippen molar-refractivity contribution >= 4 is 31.9 Å². The minimum atomic E-state index is -3.57. The number of halogens is 1. The molecule has 1 amide bonds. The maximum Gasteiger partial charge on any atom is 0.240 e. The average Bonchev–Trinajstić information content (AvgIpc) is 3.17. The molecule has 3 rings (SSSR count). The summed E-state index contributed by atoms with van der Waals surface area (Å²) in [5.74, 6) is 0.0309. The van der Waals surface area contributed by atoms with Gasteiger partial charge in [0.05, 0.1) is 4.90 Å². The van der Waals surface area contributed by atoms with Crippen LogP contribution in [-0.2, 0) is 14.8 Å². The van der Waals surface area contributed by atoms with Crippen LogP contribution in [-0.4, -0.2) is 62.9 Å². The van der Waals surface area contributed by atoms with Crippen molar-refractivity contribution in [2.45, 2.75) is 43.0 Å². The van der Waals surface area contributed by atoms with Crippen LogP contribution >= 0.6 is 15.9 Å². The molecule has 1 N–H and O–H groups in total. The SMILES string of the molecule is O=C(CCNS(=O)(=O)c1ccc(Br)cc1)N1CCC(N2CCCC2)CC1. The number of nitrogens with one attached hydrogen (secondary N) is 1. The lowest BCUT2D eigenvalue weighted by Gasteiger charge is -2.36. The monoisotopic (exact) mass is 443 g/mol. The third kappa shape index (κ3) is 5.06. The molecular weight excluding hydrogens is 418 g/mol. The van der Waals surface area contributed by atoms with Crippen LogP contribution in [0.2, 0.25) is 0 Å². The number of carbonyl (C=O) groups is 1. The van der Waals surface area contributed by atoms with E-state index in [2.05, 4.69) is 25.6 Å². The van der Waals surface area contributed by atoms with Gasteiger partial charge in [-0.1, -0.05) is 15.9 Å². The van der Waals surface area contributed by atoms with Crippen molar-refractivity contribution in [2.75, 3.05) is 32.7 Å². The first-order valence-corrected chi connectivity index (χ1v) is 11.5. The molecule has 1 aromatic carbocycles. The van der Waals surface area contributed by atoms with Gasteiger partial charge in [-0.05, 0) is 63.0 Å². The van der Waals surface area contributed by atoms with Gasteiger partial charge in [-0.2, -0.15) is 0 Å². The van der Waals surface area contributed by atoms with E-state index >= 15 is 0 Å². The lowest BCUT2D eigenvalue weighted by Crippen LogP contribution is -2.46. The molecule has 0 radical (unpaired) electrons.